The second-order valence-corrected chi connectivity index (χ2v) is 8.72. The molecule has 0 saturated heterocycles. The van der Waals surface area contributed by atoms with Crippen molar-refractivity contribution >= 4 is 21.6 Å². The molecule has 2 aromatic rings. The number of carbonyl (C=O) groups is 1. The first-order chi connectivity index (χ1) is 13.2. The second-order valence-electron chi connectivity index (χ2n) is 6.72. The maximum absolute atomic E-state index is 12.8. The van der Waals surface area contributed by atoms with Crippen LogP contribution in [0.5, 0.6) is 0 Å². The zero-order chi connectivity index (χ0) is 20.7. The molecule has 0 unspecified atom stereocenters. The van der Waals surface area contributed by atoms with Gasteiger partial charge in [-0.25, -0.2) is 12.8 Å². The average Bonchev–Trinajstić information content (AvgIpc) is 2.67. The highest BCUT2D eigenvalue weighted by Crippen LogP contribution is 2.18. The minimum absolute atomic E-state index is 0.0708. The molecule has 152 valence electrons. The first kappa shape index (κ1) is 21.8. The van der Waals surface area contributed by atoms with Gasteiger partial charge >= 0.3 is 0 Å². The second kappa shape index (κ2) is 9.66. The summed E-state index contributed by atoms with van der Waals surface area (Å²) in [5.74, 6) is -0.468. The Morgan fingerprint density at radius 2 is 1.68 bits per heavy atom. The molecule has 8 heteroatoms. The van der Waals surface area contributed by atoms with E-state index in [0.29, 0.717) is 18.7 Å². The Bertz CT molecular complexity index is 882. The van der Waals surface area contributed by atoms with Crippen molar-refractivity contribution in [3.63, 3.8) is 0 Å². The van der Waals surface area contributed by atoms with Crippen molar-refractivity contribution in [2.45, 2.75) is 31.2 Å². The molecule has 0 spiro atoms. The van der Waals surface area contributed by atoms with Gasteiger partial charge in [-0.15, -0.1) is 0 Å². The van der Waals surface area contributed by atoms with E-state index < -0.39 is 10.0 Å². The number of nitrogens with zero attached hydrogens (tertiary/aromatic N) is 1. The molecule has 28 heavy (non-hydrogen) atoms. The molecule has 0 radical (unpaired) electrons. The molecule has 0 fully saturated rings. The Labute approximate surface area is 165 Å². The summed E-state index contributed by atoms with van der Waals surface area (Å²) in [5, 5.41) is 5.74. The highest BCUT2D eigenvalue weighted by atomic mass is 32.2. The monoisotopic (exact) mass is 407 g/mol. The van der Waals surface area contributed by atoms with Crippen LogP contribution in [-0.2, 0) is 21.2 Å². The summed E-state index contributed by atoms with van der Waals surface area (Å²) in [6.45, 7) is 4.14. The molecule has 2 N–H and O–H groups in total. The summed E-state index contributed by atoms with van der Waals surface area (Å²) in [6.07, 6.45) is 0.613. The zero-order valence-corrected chi connectivity index (χ0v) is 17.1. The van der Waals surface area contributed by atoms with Crippen LogP contribution in [0.2, 0.25) is 0 Å². The third-order valence-electron chi connectivity index (χ3n) is 4.36. The lowest BCUT2D eigenvalue weighted by atomic mass is 10.1. The molecule has 2 aromatic carbocycles. The van der Waals surface area contributed by atoms with Gasteiger partial charge < -0.3 is 10.6 Å². The lowest BCUT2D eigenvalue weighted by Gasteiger charge is -2.21. The summed E-state index contributed by atoms with van der Waals surface area (Å²) in [6, 6.07) is 12.3. The molecule has 0 aliphatic rings. The Hall–Kier alpha value is -2.45. The number of halogens is 1. The third-order valence-corrected chi connectivity index (χ3v) is 6.41. The fourth-order valence-electron chi connectivity index (χ4n) is 2.43. The largest absolute Gasteiger partial charge is 0.376 e. The number of nitrogens with one attached hydrogen (secondary N) is 2. The summed E-state index contributed by atoms with van der Waals surface area (Å²) < 4.78 is 39.0. The summed E-state index contributed by atoms with van der Waals surface area (Å²) in [4.78, 5) is 12.1. The van der Waals surface area contributed by atoms with Gasteiger partial charge in [0.15, 0.2) is 0 Å². The first-order valence-electron chi connectivity index (χ1n) is 9.03. The van der Waals surface area contributed by atoms with Gasteiger partial charge in [-0.05, 0) is 62.2 Å². The predicted molar refractivity (Wildman–Crippen MR) is 108 cm³/mol. The van der Waals surface area contributed by atoms with E-state index in [1.807, 2.05) is 13.8 Å². The maximum atomic E-state index is 12.8. The number of benzene rings is 2. The number of hydrogen-bond donors (Lipinski definition) is 2. The quantitative estimate of drug-likeness (QED) is 0.670. The summed E-state index contributed by atoms with van der Waals surface area (Å²) in [5.41, 5.74) is 1.60. The first-order valence-corrected chi connectivity index (χ1v) is 10.5. The van der Waals surface area contributed by atoms with Gasteiger partial charge in [-0.1, -0.05) is 12.1 Å². The minimum Gasteiger partial charge on any atom is -0.376 e. The smallest absolute Gasteiger partial charge is 0.243 e. The van der Waals surface area contributed by atoms with Crippen LogP contribution in [0, 0.1) is 5.82 Å². The van der Waals surface area contributed by atoms with Crippen molar-refractivity contribution in [1.82, 2.24) is 9.62 Å². The number of sulfonamides is 1. The van der Waals surface area contributed by atoms with Crippen molar-refractivity contribution in [3.8, 4) is 0 Å². The van der Waals surface area contributed by atoms with Crippen LogP contribution in [0.25, 0.3) is 0 Å². The van der Waals surface area contributed by atoms with Crippen molar-refractivity contribution in [2.24, 2.45) is 0 Å². The Balaban J connectivity index is 1.81. The van der Waals surface area contributed by atoms with Crippen LogP contribution in [0.4, 0.5) is 10.1 Å². The lowest BCUT2D eigenvalue weighted by molar-refractivity contribution is -0.119. The van der Waals surface area contributed by atoms with Crippen LogP contribution in [-0.4, -0.2) is 44.8 Å². The maximum Gasteiger partial charge on any atom is 0.243 e. The van der Waals surface area contributed by atoms with Crippen LogP contribution in [0.1, 0.15) is 19.4 Å². The van der Waals surface area contributed by atoms with E-state index in [4.69, 9.17) is 0 Å². The fourth-order valence-corrected chi connectivity index (χ4v) is 3.80. The summed E-state index contributed by atoms with van der Waals surface area (Å²) in [7, 11) is -1.98. The Morgan fingerprint density at radius 3 is 2.25 bits per heavy atom. The van der Waals surface area contributed by atoms with E-state index >= 15 is 0 Å². The molecule has 0 heterocycles. The van der Waals surface area contributed by atoms with E-state index in [9.17, 15) is 17.6 Å². The molecule has 0 aliphatic carbocycles. The molecule has 0 aliphatic heterocycles. The van der Waals surface area contributed by atoms with Crippen molar-refractivity contribution in [3.05, 3.63) is 59.9 Å². The van der Waals surface area contributed by atoms with Gasteiger partial charge in [0.25, 0.3) is 0 Å². The molecule has 0 atom stereocenters. The minimum atomic E-state index is -3.52. The molecular weight excluding hydrogens is 381 g/mol. The summed E-state index contributed by atoms with van der Waals surface area (Å²) >= 11 is 0. The zero-order valence-electron chi connectivity index (χ0n) is 16.3. The fraction of sp³-hybridized carbons (Fsp3) is 0.350. The van der Waals surface area contributed by atoms with Gasteiger partial charge in [-0.3, -0.25) is 4.79 Å². The lowest BCUT2D eigenvalue weighted by Crippen LogP contribution is -2.33. The van der Waals surface area contributed by atoms with E-state index in [2.05, 4.69) is 10.6 Å². The molecule has 0 saturated carbocycles. The molecular formula is C20H26FN3O3S. The van der Waals surface area contributed by atoms with Crippen LogP contribution in [0.3, 0.4) is 0 Å². The molecule has 0 bridgehead atoms. The normalized spacial score (nSPS) is 11.6. The molecule has 1 amide bonds. The van der Waals surface area contributed by atoms with Gasteiger partial charge in [0.2, 0.25) is 15.9 Å². The van der Waals surface area contributed by atoms with Crippen LogP contribution >= 0.6 is 0 Å². The predicted octanol–water partition coefficient (Wildman–Crippen LogP) is 2.63. The Kier molecular flexibility index (Phi) is 7.53. The topological polar surface area (TPSA) is 78.5 Å². The van der Waals surface area contributed by atoms with E-state index in [1.54, 1.807) is 31.3 Å². The number of hydrogen-bond acceptors (Lipinski definition) is 4. The third kappa shape index (κ3) is 6.03. The van der Waals surface area contributed by atoms with Crippen LogP contribution in [0.15, 0.2) is 53.4 Å². The van der Waals surface area contributed by atoms with Crippen molar-refractivity contribution < 1.29 is 17.6 Å². The van der Waals surface area contributed by atoms with Gasteiger partial charge in [0.05, 0.1) is 11.4 Å². The standard InChI is InChI=1S/C20H26FN3O3S/c1-15(2)24(3)28(26,27)19-10-8-18(9-11-19)23-14-20(25)22-13-12-16-4-6-17(21)7-5-16/h4-11,15,23H,12-14H2,1-3H3,(H,22,25). The van der Waals surface area contributed by atoms with E-state index in [-0.39, 0.29) is 29.2 Å². The SMILES string of the molecule is CC(C)N(C)S(=O)(=O)c1ccc(NCC(=O)NCCc2ccc(F)cc2)cc1. The van der Waals surface area contributed by atoms with E-state index in [0.717, 1.165) is 5.56 Å². The van der Waals surface area contributed by atoms with Gasteiger partial charge in [0, 0.05) is 25.3 Å². The number of carbonyl (C=O) groups excluding carboxylic acids is 1. The highest BCUT2D eigenvalue weighted by Gasteiger charge is 2.22. The van der Waals surface area contributed by atoms with Crippen molar-refractivity contribution in [1.29, 1.82) is 0 Å². The van der Waals surface area contributed by atoms with Gasteiger partial charge in [-0.2, -0.15) is 4.31 Å². The average molecular weight is 408 g/mol. The van der Waals surface area contributed by atoms with E-state index in [1.165, 1.54) is 28.6 Å². The van der Waals surface area contributed by atoms with Gasteiger partial charge in [0.1, 0.15) is 5.82 Å². The molecule has 2 rings (SSSR count). The number of anilines is 1. The number of amides is 1. The Morgan fingerprint density at radius 1 is 1.07 bits per heavy atom. The van der Waals surface area contributed by atoms with Crippen LogP contribution < -0.4 is 10.6 Å². The van der Waals surface area contributed by atoms with Crippen molar-refractivity contribution in [2.75, 3.05) is 25.5 Å². The molecule has 0 aromatic heterocycles. The molecule has 6 nitrogen and oxygen atoms in total. The number of rotatable bonds is 9. The highest BCUT2D eigenvalue weighted by molar-refractivity contribution is 7.89.